The number of pyridine rings is 1. The number of carboxylic acids is 2. The largest absolute Gasteiger partial charge is 0.488 e. The summed E-state index contributed by atoms with van der Waals surface area (Å²) >= 11 is 6.79. The van der Waals surface area contributed by atoms with Crippen molar-refractivity contribution in [3.05, 3.63) is 129 Å². The predicted molar refractivity (Wildman–Crippen MR) is 225 cm³/mol. The molecule has 0 radical (unpaired) electrons. The zero-order chi connectivity index (χ0) is 42.8. The molecule has 2 aromatic heterocycles. The monoisotopic (exact) mass is 832 g/mol. The molecule has 0 saturated carbocycles. The fraction of sp³-hybridized carbons (Fsp3) is 0.283. The van der Waals surface area contributed by atoms with Gasteiger partial charge in [-0.1, -0.05) is 48.0 Å². The molecule has 0 spiro atoms. The summed E-state index contributed by atoms with van der Waals surface area (Å²) in [5.74, 6) is -0.737. The van der Waals surface area contributed by atoms with E-state index in [0.717, 1.165) is 44.5 Å². The van der Waals surface area contributed by atoms with Crippen LogP contribution in [0.3, 0.4) is 0 Å². The normalized spacial score (nSPS) is 12.2. The smallest absolute Gasteiger partial charge is 0.306 e. The van der Waals surface area contributed by atoms with Gasteiger partial charge in [0.1, 0.15) is 36.3 Å². The number of benzene rings is 4. The molecule has 2 atom stereocenters. The van der Waals surface area contributed by atoms with E-state index in [1.165, 1.54) is 6.20 Å². The van der Waals surface area contributed by atoms with Crippen LogP contribution in [0.2, 0.25) is 5.02 Å². The highest BCUT2D eigenvalue weighted by Crippen LogP contribution is 2.38. The first-order valence-electron chi connectivity index (χ1n) is 19.4. The molecule has 6 aromatic rings. The summed E-state index contributed by atoms with van der Waals surface area (Å²) in [6, 6.07) is 25.0. The molecule has 0 aliphatic carbocycles. The van der Waals surface area contributed by atoms with E-state index in [0.29, 0.717) is 64.0 Å². The van der Waals surface area contributed by atoms with Crippen LogP contribution in [0.15, 0.2) is 89.6 Å². The number of nitrogens with one attached hydrogen (secondary N) is 1. The molecular weight excluding hydrogens is 788 g/mol. The lowest BCUT2D eigenvalue weighted by molar-refractivity contribution is -0.140. The van der Waals surface area contributed by atoms with Crippen LogP contribution >= 0.6 is 11.6 Å². The zero-order valence-electron chi connectivity index (χ0n) is 33.2. The van der Waals surface area contributed by atoms with Crippen molar-refractivity contribution in [2.45, 2.75) is 77.9 Å². The Kier molecular flexibility index (Phi) is 14.5. The van der Waals surface area contributed by atoms with Gasteiger partial charge in [0, 0.05) is 42.7 Å². The fourth-order valence-electron chi connectivity index (χ4n) is 6.93. The van der Waals surface area contributed by atoms with Gasteiger partial charge < -0.3 is 39.6 Å². The Hall–Kier alpha value is -6.30. The first-order valence-corrected chi connectivity index (χ1v) is 19.8. The maximum atomic E-state index is 11.0. The Balaban J connectivity index is 1.19. The third kappa shape index (κ3) is 11.2. The number of aromatic nitrogens is 2. The molecule has 0 unspecified atom stereocenters. The van der Waals surface area contributed by atoms with Crippen LogP contribution in [-0.4, -0.2) is 61.1 Å². The van der Waals surface area contributed by atoms with E-state index in [9.17, 15) is 25.1 Å². The van der Waals surface area contributed by atoms with Crippen molar-refractivity contribution in [2.24, 2.45) is 0 Å². The van der Waals surface area contributed by atoms with Gasteiger partial charge in [0.25, 0.3) is 0 Å². The molecule has 0 aliphatic heterocycles. The number of nitrogens with zero attached hydrogens (tertiary/aromatic N) is 3. The molecule has 0 saturated heterocycles. The Morgan fingerprint density at radius 1 is 0.833 bits per heavy atom. The molecule has 13 nitrogen and oxygen atoms in total. The maximum Gasteiger partial charge on any atom is 0.306 e. The number of nitriles is 1. The molecule has 4 aromatic carbocycles. The zero-order valence-corrected chi connectivity index (χ0v) is 33.9. The SMILES string of the molecule is Cc1c(COc2cc(OCc3cncc(C#N)c3)c(CCC[C@@H](O)CC(=O)O)cc2Cl)cccc1-c1cccc(-c2nc3ccc(CNC[C@@H](O)CC(=O)O)cc3o2)c1C. The van der Waals surface area contributed by atoms with E-state index in [1.807, 2.05) is 56.3 Å². The number of ether oxygens (including phenoxy) is 2. The Morgan fingerprint density at radius 2 is 1.55 bits per heavy atom. The molecule has 5 N–H and O–H groups in total. The van der Waals surface area contributed by atoms with Gasteiger partial charge in [0.15, 0.2) is 5.58 Å². The van der Waals surface area contributed by atoms with Crippen LogP contribution in [0, 0.1) is 25.2 Å². The molecule has 2 heterocycles. The molecule has 310 valence electrons. The number of aryl methyl sites for hydroxylation is 1. The van der Waals surface area contributed by atoms with Gasteiger partial charge in [-0.05, 0) is 102 Å². The lowest BCUT2D eigenvalue weighted by Crippen LogP contribution is -2.28. The molecule has 6 rings (SSSR count). The second kappa shape index (κ2) is 20.1. The van der Waals surface area contributed by atoms with Crippen LogP contribution in [0.25, 0.3) is 33.7 Å². The number of carboxylic acid groups (broad SMARTS) is 2. The van der Waals surface area contributed by atoms with Crippen molar-refractivity contribution in [1.29, 1.82) is 5.26 Å². The molecule has 0 amide bonds. The maximum absolute atomic E-state index is 11.0. The predicted octanol–water partition coefficient (Wildman–Crippen LogP) is 7.94. The molecule has 0 aliphatic rings. The highest BCUT2D eigenvalue weighted by atomic mass is 35.5. The highest BCUT2D eigenvalue weighted by Gasteiger charge is 2.18. The van der Waals surface area contributed by atoms with Crippen molar-refractivity contribution in [3.8, 4) is 40.1 Å². The van der Waals surface area contributed by atoms with Crippen molar-refractivity contribution in [2.75, 3.05) is 6.54 Å². The second-order valence-electron chi connectivity index (χ2n) is 14.6. The van der Waals surface area contributed by atoms with Gasteiger partial charge in [-0.15, -0.1) is 0 Å². The van der Waals surface area contributed by atoms with Crippen LogP contribution < -0.4 is 14.8 Å². The molecule has 0 fully saturated rings. The Bertz CT molecular complexity index is 2530. The number of aliphatic carboxylic acids is 2. The number of carbonyl (C=O) groups is 2. The van der Waals surface area contributed by atoms with Crippen LogP contribution in [0.1, 0.15) is 64.6 Å². The van der Waals surface area contributed by atoms with Crippen molar-refractivity contribution in [3.63, 3.8) is 0 Å². The van der Waals surface area contributed by atoms with Crippen molar-refractivity contribution in [1.82, 2.24) is 15.3 Å². The first kappa shape index (κ1) is 43.3. The quantitative estimate of drug-likeness (QED) is 0.0496. The number of hydrogen-bond donors (Lipinski definition) is 5. The number of oxazole rings is 1. The summed E-state index contributed by atoms with van der Waals surface area (Å²) < 4.78 is 18.8. The summed E-state index contributed by atoms with van der Waals surface area (Å²) in [5, 5.41) is 50.6. The minimum atomic E-state index is -1.06. The van der Waals surface area contributed by atoms with E-state index in [4.69, 9.17) is 40.7 Å². The average Bonchev–Trinajstić information content (AvgIpc) is 3.63. The van der Waals surface area contributed by atoms with Gasteiger partial charge in [0.2, 0.25) is 5.89 Å². The lowest BCUT2D eigenvalue weighted by atomic mass is 9.91. The summed E-state index contributed by atoms with van der Waals surface area (Å²) in [6.07, 6.45) is 1.72. The molecule has 14 heteroatoms. The number of fused-ring (bicyclic) bond motifs is 1. The van der Waals surface area contributed by atoms with Crippen LogP contribution in [0.4, 0.5) is 0 Å². The van der Waals surface area contributed by atoms with E-state index in [-0.39, 0.29) is 39.0 Å². The summed E-state index contributed by atoms with van der Waals surface area (Å²) in [7, 11) is 0. The number of halogens is 1. The average molecular weight is 833 g/mol. The number of hydrogen-bond acceptors (Lipinski definition) is 11. The van der Waals surface area contributed by atoms with E-state index < -0.39 is 24.1 Å². The van der Waals surface area contributed by atoms with E-state index in [1.54, 1.807) is 24.4 Å². The Labute approximate surface area is 351 Å². The van der Waals surface area contributed by atoms with Crippen LogP contribution in [-0.2, 0) is 35.8 Å². The van der Waals surface area contributed by atoms with Gasteiger partial charge in [-0.3, -0.25) is 14.6 Å². The fourth-order valence-corrected chi connectivity index (χ4v) is 7.17. The van der Waals surface area contributed by atoms with Crippen LogP contribution in [0.5, 0.6) is 11.5 Å². The van der Waals surface area contributed by atoms with Gasteiger partial charge in [-0.25, -0.2) is 4.98 Å². The minimum absolute atomic E-state index is 0.128. The topological polar surface area (TPSA) is 208 Å². The number of aliphatic hydroxyl groups excluding tert-OH is 2. The van der Waals surface area contributed by atoms with E-state index in [2.05, 4.69) is 28.5 Å². The summed E-state index contributed by atoms with van der Waals surface area (Å²) in [4.78, 5) is 30.8. The van der Waals surface area contributed by atoms with E-state index >= 15 is 0 Å². The van der Waals surface area contributed by atoms with Crippen molar-refractivity contribution >= 4 is 34.6 Å². The van der Waals surface area contributed by atoms with Crippen molar-refractivity contribution < 1.29 is 43.9 Å². The molecular formula is C46H45ClN4O9. The summed E-state index contributed by atoms with van der Waals surface area (Å²) in [6.45, 7) is 4.97. The van der Waals surface area contributed by atoms with Gasteiger partial charge in [0.05, 0.1) is 35.6 Å². The number of rotatable bonds is 20. The minimum Gasteiger partial charge on any atom is -0.488 e. The standard InChI is InChI=1S/C46H45ClN4O9/c1-27-33(26-59-42-19-41(58-25-31-14-30(20-48)22-49-23-31)32(16-39(42)47)6-3-8-34(52)17-44(54)55)7-4-9-36(27)37-10-5-11-38(28(37)2)46-51-40-13-12-29(15-43(40)60-46)21-50-24-35(53)18-45(56)57/h4-5,7,9-16,19,22-23,34-35,50,52-53H,3,6,8,17-18,21,24-26H2,1-2H3,(H,54,55)(H,56,57)/t34-,35+/m1/s1. The Morgan fingerprint density at radius 3 is 2.32 bits per heavy atom. The highest BCUT2D eigenvalue weighted by molar-refractivity contribution is 6.32. The lowest BCUT2D eigenvalue weighted by Gasteiger charge is -2.18. The first-order chi connectivity index (χ1) is 28.9. The van der Waals surface area contributed by atoms with Gasteiger partial charge >= 0.3 is 11.9 Å². The summed E-state index contributed by atoms with van der Waals surface area (Å²) in [5.41, 5.74) is 9.84. The third-order valence-electron chi connectivity index (χ3n) is 10.1. The molecule has 60 heavy (non-hydrogen) atoms. The van der Waals surface area contributed by atoms with Gasteiger partial charge in [-0.2, -0.15) is 5.26 Å². The number of aliphatic hydroxyl groups is 2. The molecule has 0 bridgehead atoms. The third-order valence-corrected chi connectivity index (χ3v) is 10.4. The second-order valence-corrected chi connectivity index (χ2v) is 15.0.